The molecule has 1 saturated heterocycles. The predicted molar refractivity (Wildman–Crippen MR) is 116 cm³/mol. The van der Waals surface area contributed by atoms with E-state index in [2.05, 4.69) is 12.6 Å². The van der Waals surface area contributed by atoms with E-state index < -0.39 is 17.6 Å². The summed E-state index contributed by atoms with van der Waals surface area (Å²) in [4.78, 5) is 0. The first-order valence-corrected chi connectivity index (χ1v) is 14.4. The number of thiol groups is 1. The molecule has 1 aliphatic rings. The minimum absolute atomic E-state index is 0.333. The molecule has 8 nitrogen and oxygen atoms in total. The topological polar surface area (TPSA) is 77.1 Å². The van der Waals surface area contributed by atoms with Gasteiger partial charge in [0.2, 0.25) is 0 Å². The highest BCUT2D eigenvalue weighted by Crippen LogP contribution is 2.17. The minimum atomic E-state index is -2.39. The van der Waals surface area contributed by atoms with Crippen molar-refractivity contribution in [1.29, 1.82) is 0 Å². The molecule has 0 spiro atoms. The van der Waals surface area contributed by atoms with Gasteiger partial charge in [0.25, 0.3) is 0 Å². The summed E-state index contributed by atoms with van der Waals surface area (Å²) in [6, 6.07) is 1.56. The summed E-state index contributed by atoms with van der Waals surface area (Å²) in [5, 5.41) is 0. The Hall–Kier alpha value is 0.464. The van der Waals surface area contributed by atoms with E-state index in [-0.39, 0.29) is 0 Å². The van der Waals surface area contributed by atoms with Gasteiger partial charge in [0, 0.05) is 59.8 Å². The van der Waals surface area contributed by atoms with Crippen LogP contribution in [0, 0.1) is 0 Å². The van der Waals surface area contributed by atoms with Crippen molar-refractivity contribution in [3.63, 3.8) is 0 Å². The summed E-state index contributed by atoms with van der Waals surface area (Å²) in [5.74, 6) is 0.742. The molecule has 0 aliphatic carbocycles. The fourth-order valence-electron chi connectivity index (χ4n) is 2.46. The number of rotatable bonds is 17. The molecule has 11 heteroatoms. The molecule has 1 heterocycles. The third kappa shape index (κ3) is 12.2. The van der Waals surface area contributed by atoms with Gasteiger partial charge in [0.15, 0.2) is 0 Å². The van der Waals surface area contributed by atoms with Gasteiger partial charge in [-0.05, 0) is 32.9 Å². The molecule has 1 aliphatic heterocycles. The molecule has 0 amide bonds. The van der Waals surface area contributed by atoms with Crippen molar-refractivity contribution in [2.45, 2.75) is 45.4 Å². The Kier molecular flexibility index (Phi) is 17.5. The standard InChI is InChI=1S/C9H20O5Si.C8H20O3SSi/c1-10-15(11-2,12-3)6-4-5-13-7-9-8-14-9;1-4-9-13(8-7-12,10-5-2)11-6-3/h9H,4-8H2,1-3H3;12H,4-8H2,1-3H3. The summed E-state index contributed by atoms with van der Waals surface area (Å²) >= 11 is 4.19. The van der Waals surface area contributed by atoms with Gasteiger partial charge < -0.3 is 36.0 Å². The van der Waals surface area contributed by atoms with Crippen molar-refractivity contribution in [2.24, 2.45) is 0 Å². The van der Waals surface area contributed by atoms with Crippen LogP contribution in [0.15, 0.2) is 0 Å². The van der Waals surface area contributed by atoms with Crippen LogP contribution in [0.25, 0.3) is 0 Å². The Morgan fingerprint density at radius 2 is 1.36 bits per heavy atom. The maximum atomic E-state index is 5.60. The van der Waals surface area contributed by atoms with E-state index in [0.29, 0.717) is 39.1 Å². The summed E-state index contributed by atoms with van der Waals surface area (Å²) in [7, 11) is 0.107. The molecule has 0 aromatic carbocycles. The molecule has 1 unspecified atom stereocenters. The van der Waals surface area contributed by atoms with Gasteiger partial charge >= 0.3 is 17.6 Å². The molecular formula is C17H40O8SSi2. The van der Waals surface area contributed by atoms with Crippen molar-refractivity contribution in [2.75, 3.05) is 66.7 Å². The fraction of sp³-hybridized carbons (Fsp3) is 1.00. The van der Waals surface area contributed by atoms with E-state index in [1.54, 1.807) is 21.3 Å². The highest BCUT2D eigenvalue weighted by Gasteiger charge is 2.39. The SMILES string of the molecule is CCO[Si](CCS)(OCC)OCC.CO[Si](CCCOCC1CO1)(OC)OC. The third-order valence-corrected chi connectivity index (χ3v) is 10.4. The van der Waals surface area contributed by atoms with Gasteiger partial charge in [-0.15, -0.1) is 0 Å². The Bertz CT molecular complexity index is 322. The van der Waals surface area contributed by atoms with Gasteiger partial charge in [0.1, 0.15) is 6.10 Å². The lowest BCUT2D eigenvalue weighted by Gasteiger charge is -2.27. The molecule has 28 heavy (non-hydrogen) atoms. The van der Waals surface area contributed by atoms with E-state index in [4.69, 9.17) is 36.0 Å². The quantitative estimate of drug-likeness (QED) is 0.154. The summed E-state index contributed by atoms with van der Waals surface area (Å²) < 4.78 is 43.1. The molecule has 0 radical (unpaired) electrons. The Labute approximate surface area is 178 Å². The maximum Gasteiger partial charge on any atom is 0.501 e. The van der Waals surface area contributed by atoms with Gasteiger partial charge in [-0.3, -0.25) is 0 Å². The highest BCUT2D eigenvalue weighted by molar-refractivity contribution is 7.80. The van der Waals surface area contributed by atoms with Crippen molar-refractivity contribution >= 4 is 30.2 Å². The lowest BCUT2D eigenvalue weighted by Crippen LogP contribution is -2.46. The minimum Gasteiger partial charge on any atom is -0.379 e. The molecule has 170 valence electrons. The Balaban J connectivity index is 0.000000528. The zero-order chi connectivity index (χ0) is 21.3. The van der Waals surface area contributed by atoms with Crippen LogP contribution in [-0.4, -0.2) is 90.4 Å². The number of epoxide rings is 1. The number of hydrogen-bond donors (Lipinski definition) is 1. The highest BCUT2D eigenvalue weighted by atomic mass is 32.1. The first-order valence-electron chi connectivity index (χ1n) is 9.88. The second-order valence-electron chi connectivity index (χ2n) is 5.88. The molecule has 1 fully saturated rings. The molecule has 0 aromatic heterocycles. The van der Waals surface area contributed by atoms with Crippen LogP contribution in [0.3, 0.4) is 0 Å². The third-order valence-electron chi connectivity index (χ3n) is 3.92. The maximum absolute atomic E-state index is 5.60. The van der Waals surface area contributed by atoms with E-state index >= 15 is 0 Å². The lowest BCUT2D eigenvalue weighted by molar-refractivity contribution is 0.0729. The summed E-state index contributed by atoms with van der Waals surface area (Å²) in [6.07, 6.45) is 1.22. The van der Waals surface area contributed by atoms with Gasteiger partial charge in [-0.2, -0.15) is 12.6 Å². The first kappa shape index (κ1) is 28.5. The van der Waals surface area contributed by atoms with Gasteiger partial charge in [-0.1, -0.05) is 0 Å². The monoisotopic (exact) mass is 460 g/mol. The molecule has 0 saturated carbocycles. The number of ether oxygens (including phenoxy) is 2. The molecule has 0 aromatic rings. The van der Waals surface area contributed by atoms with Crippen LogP contribution in [0.5, 0.6) is 0 Å². The molecular weight excluding hydrogens is 420 g/mol. The van der Waals surface area contributed by atoms with Crippen LogP contribution in [-0.2, 0) is 36.0 Å². The van der Waals surface area contributed by atoms with Crippen LogP contribution in [0.1, 0.15) is 27.2 Å². The Morgan fingerprint density at radius 3 is 1.71 bits per heavy atom. The molecule has 1 atom stereocenters. The molecule has 0 N–H and O–H groups in total. The number of hydrogen-bond acceptors (Lipinski definition) is 9. The van der Waals surface area contributed by atoms with E-state index in [1.807, 2.05) is 20.8 Å². The smallest absolute Gasteiger partial charge is 0.379 e. The van der Waals surface area contributed by atoms with E-state index in [9.17, 15) is 0 Å². The van der Waals surface area contributed by atoms with Crippen molar-refractivity contribution in [1.82, 2.24) is 0 Å². The van der Waals surface area contributed by atoms with Crippen LogP contribution in [0.4, 0.5) is 0 Å². The lowest BCUT2D eigenvalue weighted by atomic mass is 10.5. The first-order chi connectivity index (χ1) is 13.5. The van der Waals surface area contributed by atoms with Crippen molar-refractivity contribution in [3.05, 3.63) is 0 Å². The normalized spacial score (nSPS) is 16.6. The average molecular weight is 461 g/mol. The van der Waals surface area contributed by atoms with Gasteiger partial charge in [-0.25, -0.2) is 0 Å². The molecule has 0 bridgehead atoms. The van der Waals surface area contributed by atoms with E-state index in [1.165, 1.54) is 0 Å². The zero-order valence-corrected chi connectivity index (χ0v) is 21.3. The van der Waals surface area contributed by atoms with Crippen LogP contribution in [0.2, 0.25) is 12.1 Å². The largest absolute Gasteiger partial charge is 0.501 e. The van der Waals surface area contributed by atoms with Crippen LogP contribution < -0.4 is 0 Å². The van der Waals surface area contributed by atoms with E-state index in [0.717, 1.165) is 30.9 Å². The predicted octanol–water partition coefficient (Wildman–Crippen LogP) is 2.63. The van der Waals surface area contributed by atoms with Crippen molar-refractivity contribution in [3.8, 4) is 0 Å². The average Bonchev–Trinajstić information content (AvgIpc) is 3.51. The zero-order valence-electron chi connectivity index (χ0n) is 18.4. The summed E-state index contributed by atoms with van der Waals surface area (Å²) in [5.41, 5.74) is 0. The summed E-state index contributed by atoms with van der Waals surface area (Å²) in [6.45, 7) is 10.0. The Morgan fingerprint density at radius 1 is 0.857 bits per heavy atom. The second kappa shape index (κ2) is 17.2. The van der Waals surface area contributed by atoms with Gasteiger partial charge in [0.05, 0.1) is 13.2 Å². The fourth-order valence-corrected chi connectivity index (χ4v) is 7.25. The second-order valence-corrected chi connectivity index (χ2v) is 12.2. The van der Waals surface area contributed by atoms with Crippen molar-refractivity contribution < 1.29 is 36.0 Å². The van der Waals surface area contributed by atoms with Crippen LogP contribution >= 0.6 is 12.6 Å². The molecule has 1 rings (SSSR count).